The molecule has 3 aromatic carbocycles. The maximum Gasteiger partial charge on any atom is 0.237 e. The highest BCUT2D eigenvalue weighted by atomic mass is 16.2. The van der Waals surface area contributed by atoms with Crippen molar-refractivity contribution in [3.05, 3.63) is 72.8 Å². The van der Waals surface area contributed by atoms with Crippen molar-refractivity contribution in [3.63, 3.8) is 0 Å². The quantitative estimate of drug-likeness (QED) is 0.240. The van der Waals surface area contributed by atoms with Crippen LogP contribution >= 0.6 is 0 Å². The highest BCUT2D eigenvalue weighted by molar-refractivity contribution is 6.16. The summed E-state index contributed by atoms with van der Waals surface area (Å²) in [4.78, 5) is 32.0. The Morgan fingerprint density at radius 3 is 1.64 bits per heavy atom. The van der Waals surface area contributed by atoms with E-state index in [1.807, 2.05) is 23.1 Å². The number of carbonyl (C=O) groups excluding carboxylic acids is 2. The van der Waals surface area contributed by atoms with Crippen LogP contribution < -0.4 is 4.90 Å². The van der Waals surface area contributed by atoms with Crippen molar-refractivity contribution in [2.24, 2.45) is 46.3 Å². The van der Waals surface area contributed by atoms with Crippen molar-refractivity contribution in [2.75, 3.05) is 4.90 Å². The van der Waals surface area contributed by atoms with Crippen molar-refractivity contribution >= 4 is 45.0 Å². The molecule has 224 valence electrons. The van der Waals surface area contributed by atoms with Gasteiger partial charge in [0, 0.05) is 16.5 Å². The van der Waals surface area contributed by atoms with Gasteiger partial charge in [0.25, 0.3) is 0 Å². The molecule has 4 aromatic rings. The van der Waals surface area contributed by atoms with Crippen molar-refractivity contribution in [3.8, 4) is 0 Å². The summed E-state index contributed by atoms with van der Waals surface area (Å²) in [6.07, 6.45) is 14.2. The minimum absolute atomic E-state index is 0.242. The molecule has 8 saturated carbocycles. The predicted octanol–water partition coefficient (Wildman–Crippen LogP) is 9.53. The Labute approximate surface area is 259 Å². The number of anilines is 2. The van der Waals surface area contributed by atoms with Crippen LogP contribution in [0.1, 0.15) is 81.8 Å². The Morgan fingerprint density at radius 2 is 1.05 bits per heavy atom. The van der Waals surface area contributed by atoms with E-state index in [2.05, 4.69) is 59.2 Å². The first-order valence-corrected chi connectivity index (χ1v) is 17.4. The number of benzene rings is 3. The van der Waals surface area contributed by atoms with E-state index in [1.165, 1.54) is 38.5 Å². The van der Waals surface area contributed by atoms with Crippen molar-refractivity contribution in [2.45, 2.75) is 77.0 Å². The monoisotopic (exact) mass is 582 g/mol. The number of carbonyl (C=O) groups is 2. The molecule has 0 saturated heterocycles. The number of para-hydroxylation sites is 2. The van der Waals surface area contributed by atoms with Crippen LogP contribution in [-0.2, 0) is 4.79 Å². The number of amides is 1. The van der Waals surface area contributed by atoms with Crippen LogP contribution in [0.4, 0.5) is 11.4 Å². The molecule has 0 unspecified atom stereocenters. The summed E-state index contributed by atoms with van der Waals surface area (Å²) in [5.41, 5.74) is 3.30. The summed E-state index contributed by atoms with van der Waals surface area (Å²) < 4.78 is 2.08. The molecular formula is C40H42N2O2. The van der Waals surface area contributed by atoms with Gasteiger partial charge in [-0.2, -0.15) is 0 Å². The summed E-state index contributed by atoms with van der Waals surface area (Å²) >= 11 is 0. The third-order valence-electron chi connectivity index (χ3n) is 13.3. The molecule has 44 heavy (non-hydrogen) atoms. The fraction of sp³-hybridized carbons (Fsp3) is 0.500. The smallest absolute Gasteiger partial charge is 0.237 e. The zero-order chi connectivity index (χ0) is 29.2. The number of hydrogen-bond donors (Lipinski definition) is 0. The van der Waals surface area contributed by atoms with Gasteiger partial charge in [-0.15, -0.1) is 0 Å². The molecule has 4 nitrogen and oxygen atoms in total. The normalized spacial score (nSPS) is 36.4. The SMILES string of the molecule is O=C(N(c1ccccc1)c1ccc2c3ccccc3n(C(=O)C34CC5CC(CC(C5)C3)C4)c2c1)C12CC3CC(CC(C3)C1)C2. The fourth-order valence-corrected chi connectivity index (χ4v) is 12.5. The molecule has 4 heteroatoms. The number of rotatable bonds is 4. The van der Waals surface area contributed by atoms with Crippen LogP contribution in [-0.4, -0.2) is 16.4 Å². The van der Waals surface area contributed by atoms with E-state index in [4.69, 9.17) is 0 Å². The molecule has 12 rings (SSSR count). The molecule has 8 aliphatic carbocycles. The zero-order valence-electron chi connectivity index (χ0n) is 25.6. The lowest BCUT2D eigenvalue weighted by Gasteiger charge is -2.56. The largest absolute Gasteiger partial charge is 0.281 e. The molecule has 8 aliphatic rings. The number of hydrogen-bond acceptors (Lipinski definition) is 2. The minimum atomic E-state index is -0.263. The fourth-order valence-electron chi connectivity index (χ4n) is 12.5. The minimum Gasteiger partial charge on any atom is -0.281 e. The Balaban J connectivity index is 1.13. The second kappa shape index (κ2) is 9.08. The topological polar surface area (TPSA) is 42.3 Å². The Morgan fingerprint density at radius 1 is 0.545 bits per heavy atom. The lowest BCUT2D eigenvalue weighted by atomic mass is 9.49. The van der Waals surface area contributed by atoms with Crippen LogP contribution in [0.25, 0.3) is 21.8 Å². The number of nitrogens with zero attached hydrogens (tertiary/aromatic N) is 2. The highest BCUT2D eigenvalue weighted by Crippen LogP contribution is 2.62. The molecule has 0 radical (unpaired) electrons. The van der Waals surface area contributed by atoms with Gasteiger partial charge in [0.15, 0.2) is 0 Å². The second-order valence-corrected chi connectivity index (χ2v) is 16.2. The van der Waals surface area contributed by atoms with Crippen LogP contribution in [0.15, 0.2) is 72.8 Å². The third-order valence-corrected chi connectivity index (χ3v) is 13.3. The number of aromatic nitrogens is 1. The van der Waals surface area contributed by atoms with E-state index in [-0.39, 0.29) is 16.7 Å². The Bertz CT molecular complexity index is 1760. The zero-order valence-corrected chi connectivity index (χ0v) is 25.6. The molecule has 1 heterocycles. The summed E-state index contributed by atoms with van der Waals surface area (Å²) in [5, 5.41) is 2.24. The molecular weight excluding hydrogens is 540 g/mol. The summed E-state index contributed by atoms with van der Waals surface area (Å²) in [6, 6.07) is 25.2. The van der Waals surface area contributed by atoms with E-state index in [0.717, 1.165) is 71.7 Å². The van der Waals surface area contributed by atoms with Gasteiger partial charge in [-0.25, -0.2) is 0 Å². The third kappa shape index (κ3) is 3.63. The lowest BCUT2D eigenvalue weighted by molar-refractivity contribution is -0.142. The van der Waals surface area contributed by atoms with Gasteiger partial charge in [-0.1, -0.05) is 42.5 Å². The standard InChI is InChI=1S/C40H42N2O2/c43-37(39-19-25-12-26(20-39)14-27(13-25)21-39)41(31-6-2-1-3-7-31)32-10-11-34-33-8-4-5-9-35(33)42(36(34)18-32)38(44)40-22-28-15-29(23-40)17-30(16-28)24-40/h1-11,18,25-30H,12-17,19-24H2. The van der Waals surface area contributed by atoms with Gasteiger partial charge in [0.1, 0.15) is 0 Å². The predicted molar refractivity (Wildman–Crippen MR) is 175 cm³/mol. The molecule has 0 spiro atoms. The van der Waals surface area contributed by atoms with Crippen LogP contribution in [0, 0.1) is 46.3 Å². The molecule has 0 N–H and O–H groups in total. The van der Waals surface area contributed by atoms with Crippen LogP contribution in [0.3, 0.4) is 0 Å². The molecule has 0 atom stereocenters. The van der Waals surface area contributed by atoms with E-state index in [1.54, 1.807) is 0 Å². The maximum atomic E-state index is 15.0. The lowest BCUT2D eigenvalue weighted by Crippen LogP contribution is -2.53. The van der Waals surface area contributed by atoms with E-state index in [0.29, 0.717) is 41.4 Å². The molecule has 1 aromatic heterocycles. The van der Waals surface area contributed by atoms with Gasteiger partial charge in [0.2, 0.25) is 11.8 Å². The summed E-state index contributed by atoms with van der Waals surface area (Å²) in [6.45, 7) is 0. The number of fused-ring (bicyclic) bond motifs is 3. The first kappa shape index (κ1) is 25.9. The Hall–Kier alpha value is -3.40. The van der Waals surface area contributed by atoms with Crippen molar-refractivity contribution in [1.29, 1.82) is 0 Å². The van der Waals surface area contributed by atoms with Gasteiger partial charge in [-0.05, 0) is 143 Å². The van der Waals surface area contributed by atoms with Crippen LogP contribution in [0.5, 0.6) is 0 Å². The van der Waals surface area contributed by atoms with Gasteiger partial charge in [-0.3, -0.25) is 19.1 Å². The molecule has 0 aliphatic heterocycles. The van der Waals surface area contributed by atoms with Gasteiger partial charge >= 0.3 is 0 Å². The van der Waals surface area contributed by atoms with E-state index in [9.17, 15) is 4.79 Å². The van der Waals surface area contributed by atoms with Crippen molar-refractivity contribution in [1.82, 2.24) is 4.57 Å². The van der Waals surface area contributed by atoms with E-state index < -0.39 is 0 Å². The average Bonchev–Trinajstić information content (AvgIpc) is 3.33. The van der Waals surface area contributed by atoms with Gasteiger partial charge in [0.05, 0.1) is 27.6 Å². The molecule has 8 bridgehead atoms. The molecule has 1 amide bonds. The summed E-state index contributed by atoms with van der Waals surface area (Å²) in [5.74, 6) is 4.80. The molecule has 8 fully saturated rings. The second-order valence-electron chi connectivity index (χ2n) is 16.2. The first-order valence-electron chi connectivity index (χ1n) is 17.4. The average molecular weight is 583 g/mol. The summed E-state index contributed by atoms with van der Waals surface area (Å²) in [7, 11) is 0. The van der Waals surface area contributed by atoms with Gasteiger partial charge < -0.3 is 0 Å². The van der Waals surface area contributed by atoms with Crippen LogP contribution in [0.2, 0.25) is 0 Å². The Kier molecular flexibility index (Phi) is 5.34. The maximum absolute atomic E-state index is 15.0. The first-order chi connectivity index (χ1) is 21.5. The highest BCUT2D eigenvalue weighted by Gasteiger charge is 2.57. The van der Waals surface area contributed by atoms with Crippen molar-refractivity contribution < 1.29 is 9.59 Å². The van der Waals surface area contributed by atoms with E-state index >= 15 is 4.79 Å².